The van der Waals surface area contributed by atoms with Crippen LogP contribution in [0.2, 0.25) is 0 Å². The van der Waals surface area contributed by atoms with E-state index in [0.717, 1.165) is 6.42 Å². The van der Waals surface area contributed by atoms with E-state index in [4.69, 9.17) is 4.74 Å². The lowest BCUT2D eigenvalue weighted by Crippen LogP contribution is -2.14. The number of benzene rings is 1. The van der Waals surface area contributed by atoms with E-state index in [1.807, 2.05) is 37.3 Å². The highest BCUT2D eigenvalue weighted by molar-refractivity contribution is 7.15. The molecule has 0 fully saturated rings. The molecule has 0 aliphatic rings. The highest BCUT2D eigenvalue weighted by atomic mass is 32.1. The van der Waals surface area contributed by atoms with Crippen LogP contribution in [0.25, 0.3) is 10.4 Å². The summed E-state index contributed by atoms with van der Waals surface area (Å²) in [5, 5.41) is 0. The standard InChI is InChI=1S/C23H32O2S/c1-5-6-7-8-9-10-11-20-16-18(4)26-22(20)19-12-14-21(15-13-19)25-23(24)17(2)3/h12-17H,5-11H2,1-4H3. The van der Waals surface area contributed by atoms with Crippen molar-refractivity contribution >= 4 is 17.3 Å². The molecule has 0 aliphatic carbocycles. The summed E-state index contributed by atoms with van der Waals surface area (Å²) in [5.41, 5.74) is 2.67. The van der Waals surface area contributed by atoms with Crippen LogP contribution in [0.3, 0.4) is 0 Å². The van der Waals surface area contributed by atoms with Crippen LogP contribution in [0.15, 0.2) is 30.3 Å². The molecular weight excluding hydrogens is 340 g/mol. The fourth-order valence-electron chi connectivity index (χ4n) is 3.00. The molecule has 0 aliphatic heterocycles. The summed E-state index contributed by atoms with van der Waals surface area (Å²) < 4.78 is 5.38. The van der Waals surface area contributed by atoms with Gasteiger partial charge in [0.05, 0.1) is 5.92 Å². The summed E-state index contributed by atoms with van der Waals surface area (Å²) in [6.45, 7) is 8.13. The van der Waals surface area contributed by atoms with Gasteiger partial charge in [-0.3, -0.25) is 4.79 Å². The van der Waals surface area contributed by atoms with Gasteiger partial charge in [0.2, 0.25) is 0 Å². The second-order valence-electron chi connectivity index (χ2n) is 7.33. The maximum Gasteiger partial charge on any atom is 0.313 e. The van der Waals surface area contributed by atoms with Crippen LogP contribution in [0.5, 0.6) is 5.75 Å². The summed E-state index contributed by atoms with van der Waals surface area (Å²) in [5.74, 6) is 0.324. The van der Waals surface area contributed by atoms with Crippen molar-refractivity contribution in [3.8, 4) is 16.2 Å². The average molecular weight is 373 g/mol. The Kier molecular flexibility index (Phi) is 8.37. The summed E-state index contributed by atoms with van der Waals surface area (Å²) >= 11 is 1.86. The minimum absolute atomic E-state index is 0.112. The van der Waals surface area contributed by atoms with E-state index in [-0.39, 0.29) is 11.9 Å². The number of carbonyl (C=O) groups is 1. The van der Waals surface area contributed by atoms with Gasteiger partial charge in [-0.1, -0.05) is 52.9 Å². The number of hydrogen-bond acceptors (Lipinski definition) is 3. The largest absolute Gasteiger partial charge is 0.426 e. The van der Waals surface area contributed by atoms with Gasteiger partial charge in [-0.15, -0.1) is 11.3 Å². The molecule has 0 N–H and O–H groups in total. The molecule has 0 spiro atoms. The van der Waals surface area contributed by atoms with Crippen molar-refractivity contribution in [3.05, 3.63) is 40.8 Å². The Labute approximate surface area is 162 Å². The van der Waals surface area contributed by atoms with Gasteiger partial charge in [0.15, 0.2) is 0 Å². The van der Waals surface area contributed by atoms with Crippen LogP contribution in [-0.2, 0) is 11.2 Å². The second-order valence-corrected chi connectivity index (χ2v) is 8.59. The summed E-state index contributed by atoms with van der Waals surface area (Å²) in [6.07, 6.45) is 9.10. The normalized spacial score (nSPS) is 11.1. The third-order valence-electron chi connectivity index (χ3n) is 4.54. The predicted molar refractivity (Wildman–Crippen MR) is 112 cm³/mol. The first-order valence-corrected chi connectivity index (χ1v) is 10.7. The molecule has 0 unspecified atom stereocenters. The van der Waals surface area contributed by atoms with Gasteiger partial charge in [-0.25, -0.2) is 0 Å². The SMILES string of the molecule is CCCCCCCCc1cc(C)sc1-c1ccc(OC(=O)C(C)C)cc1. The van der Waals surface area contributed by atoms with E-state index in [0.29, 0.717) is 5.75 Å². The van der Waals surface area contributed by atoms with E-state index in [2.05, 4.69) is 32.0 Å². The zero-order chi connectivity index (χ0) is 18.9. The number of hydrogen-bond donors (Lipinski definition) is 0. The molecule has 0 radical (unpaired) electrons. The molecule has 2 nitrogen and oxygen atoms in total. The van der Waals surface area contributed by atoms with E-state index < -0.39 is 0 Å². The third-order valence-corrected chi connectivity index (χ3v) is 5.68. The zero-order valence-electron chi connectivity index (χ0n) is 16.6. The molecule has 0 bridgehead atoms. The van der Waals surface area contributed by atoms with Gasteiger partial charge in [0.1, 0.15) is 5.75 Å². The molecule has 2 aromatic rings. The lowest BCUT2D eigenvalue weighted by molar-refractivity contribution is -0.137. The minimum atomic E-state index is -0.187. The van der Waals surface area contributed by atoms with Gasteiger partial charge in [0.25, 0.3) is 0 Å². The minimum Gasteiger partial charge on any atom is -0.426 e. The maximum absolute atomic E-state index is 11.7. The average Bonchev–Trinajstić information content (AvgIpc) is 2.99. The fourth-order valence-corrected chi connectivity index (χ4v) is 4.07. The molecule has 26 heavy (non-hydrogen) atoms. The summed E-state index contributed by atoms with van der Waals surface area (Å²) in [7, 11) is 0. The Balaban J connectivity index is 1.98. The number of thiophene rings is 1. The zero-order valence-corrected chi connectivity index (χ0v) is 17.5. The number of unbranched alkanes of at least 4 members (excludes halogenated alkanes) is 5. The van der Waals surface area contributed by atoms with Crippen molar-refractivity contribution in [1.29, 1.82) is 0 Å². The number of carbonyl (C=O) groups excluding carboxylic acids is 1. The Morgan fingerprint density at radius 1 is 1.04 bits per heavy atom. The van der Waals surface area contributed by atoms with Crippen LogP contribution < -0.4 is 4.74 Å². The van der Waals surface area contributed by atoms with Crippen LogP contribution in [0.4, 0.5) is 0 Å². The quantitative estimate of drug-likeness (QED) is 0.251. The number of rotatable bonds is 10. The topological polar surface area (TPSA) is 26.3 Å². The molecule has 0 atom stereocenters. The highest BCUT2D eigenvalue weighted by Gasteiger charge is 2.12. The number of ether oxygens (including phenoxy) is 1. The highest BCUT2D eigenvalue weighted by Crippen LogP contribution is 2.34. The van der Waals surface area contributed by atoms with Crippen molar-refractivity contribution in [3.63, 3.8) is 0 Å². The fraction of sp³-hybridized carbons (Fsp3) is 0.522. The smallest absolute Gasteiger partial charge is 0.313 e. The van der Waals surface area contributed by atoms with Crippen molar-refractivity contribution < 1.29 is 9.53 Å². The summed E-state index contributed by atoms with van der Waals surface area (Å²) in [4.78, 5) is 14.4. The molecule has 1 aromatic heterocycles. The van der Waals surface area contributed by atoms with E-state index >= 15 is 0 Å². The van der Waals surface area contributed by atoms with Crippen LogP contribution in [0.1, 0.15) is 69.7 Å². The Hall–Kier alpha value is -1.61. The molecule has 2 rings (SSSR count). The molecule has 1 heterocycles. The van der Waals surface area contributed by atoms with Gasteiger partial charge in [0, 0.05) is 9.75 Å². The van der Waals surface area contributed by atoms with Gasteiger partial charge < -0.3 is 4.74 Å². The van der Waals surface area contributed by atoms with Crippen molar-refractivity contribution in [2.45, 2.75) is 72.6 Å². The maximum atomic E-state index is 11.7. The molecule has 3 heteroatoms. The Bertz CT molecular complexity index is 683. The first kappa shape index (κ1) is 20.7. The van der Waals surface area contributed by atoms with E-state index in [9.17, 15) is 4.79 Å². The molecule has 142 valence electrons. The number of esters is 1. The van der Waals surface area contributed by atoms with E-state index in [1.165, 1.54) is 59.4 Å². The number of aryl methyl sites for hydroxylation is 2. The van der Waals surface area contributed by atoms with Crippen LogP contribution >= 0.6 is 11.3 Å². The van der Waals surface area contributed by atoms with Crippen molar-refractivity contribution in [1.82, 2.24) is 0 Å². The first-order valence-electron chi connectivity index (χ1n) is 9.92. The summed E-state index contributed by atoms with van der Waals surface area (Å²) in [6, 6.07) is 10.3. The molecular formula is C23H32O2S. The van der Waals surface area contributed by atoms with Crippen LogP contribution in [-0.4, -0.2) is 5.97 Å². The van der Waals surface area contributed by atoms with Gasteiger partial charge >= 0.3 is 5.97 Å². The van der Waals surface area contributed by atoms with Gasteiger partial charge in [-0.2, -0.15) is 0 Å². The van der Waals surface area contributed by atoms with Gasteiger partial charge in [-0.05, 0) is 61.2 Å². The monoisotopic (exact) mass is 372 g/mol. The molecule has 0 saturated heterocycles. The molecule has 0 amide bonds. The molecule has 0 saturated carbocycles. The predicted octanol–water partition coefficient (Wildman–Crippen LogP) is 7.19. The Morgan fingerprint density at radius 2 is 1.69 bits per heavy atom. The van der Waals surface area contributed by atoms with E-state index in [1.54, 1.807) is 0 Å². The molecule has 1 aromatic carbocycles. The lowest BCUT2D eigenvalue weighted by atomic mass is 10.0. The first-order chi connectivity index (χ1) is 12.5. The Morgan fingerprint density at radius 3 is 2.35 bits per heavy atom. The lowest BCUT2D eigenvalue weighted by Gasteiger charge is -2.08. The van der Waals surface area contributed by atoms with Crippen molar-refractivity contribution in [2.24, 2.45) is 5.92 Å². The van der Waals surface area contributed by atoms with Crippen LogP contribution in [0, 0.1) is 12.8 Å². The third kappa shape index (κ3) is 6.28. The second kappa shape index (κ2) is 10.5. The van der Waals surface area contributed by atoms with Crippen molar-refractivity contribution in [2.75, 3.05) is 0 Å².